The topological polar surface area (TPSA) is 50.8 Å². The first kappa shape index (κ1) is 14.4. The standard InChI is InChI=1S/C17H18N2O3/c1-19(2)10-12-5-3-6-13(9-12)18-17(20)14-7-4-8-15-16(14)22-11-21-15/h3-9H,10-11H2,1-2H3,(H,18,20). The van der Waals surface area contributed by atoms with Gasteiger partial charge < -0.3 is 19.7 Å². The number of fused-ring (bicyclic) bond motifs is 1. The van der Waals surface area contributed by atoms with Gasteiger partial charge in [-0.25, -0.2) is 0 Å². The predicted molar refractivity (Wildman–Crippen MR) is 84.4 cm³/mol. The van der Waals surface area contributed by atoms with Gasteiger partial charge in [-0.05, 0) is 43.9 Å². The summed E-state index contributed by atoms with van der Waals surface area (Å²) in [7, 11) is 4.02. The molecule has 2 aromatic carbocycles. The minimum absolute atomic E-state index is 0.151. The Labute approximate surface area is 129 Å². The molecule has 0 fully saturated rings. The third kappa shape index (κ3) is 3.04. The zero-order chi connectivity index (χ0) is 15.5. The fourth-order valence-electron chi connectivity index (χ4n) is 2.42. The summed E-state index contributed by atoms with van der Waals surface area (Å²) in [5.41, 5.74) is 2.38. The highest BCUT2D eigenvalue weighted by molar-refractivity contribution is 6.06. The second-order valence-corrected chi connectivity index (χ2v) is 5.43. The Balaban J connectivity index is 1.79. The molecule has 0 aliphatic carbocycles. The minimum atomic E-state index is -0.204. The van der Waals surface area contributed by atoms with Gasteiger partial charge in [-0.15, -0.1) is 0 Å². The van der Waals surface area contributed by atoms with Crippen LogP contribution in [0.1, 0.15) is 15.9 Å². The summed E-state index contributed by atoms with van der Waals surface area (Å²) in [4.78, 5) is 14.5. The van der Waals surface area contributed by atoms with Crippen molar-refractivity contribution in [2.45, 2.75) is 6.54 Å². The molecule has 5 heteroatoms. The quantitative estimate of drug-likeness (QED) is 0.943. The number of amides is 1. The Bertz CT molecular complexity index is 698. The van der Waals surface area contributed by atoms with Crippen LogP contribution < -0.4 is 14.8 Å². The number of ether oxygens (including phenoxy) is 2. The minimum Gasteiger partial charge on any atom is -0.454 e. The van der Waals surface area contributed by atoms with Gasteiger partial charge in [-0.2, -0.15) is 0 Å². The van der Waals surface area contributed by atoms with Crippen molar-refractivity contribution in [2.75, 3.05) is 26.2 Å². The van der Waals surface area contributed by atoms with Crippen molar-refractivity contribution in [3.8, 4) is 11.5 Å². The van der Waals surface area contributed by atoms with Gasteiger partial charge in [0.15, 0.2) is 11.5 Å². The summed E-state index contributed by atoms with van der Waals surface area (Å²) in [5.74, 6) is 0.905. The molecule has 22 heavy (non-hydrogen) atoms. The molecule has 0 saturated heterocycles. The second kappa shape index (κ2) is 6.07. The molecule has 1 heterocycles. The van der Waals surface area contributed by atoms with E-state index < -0.39 is 0 Å². The van der Waals surface area contributed by atoms with Crippen LogP contribution in [0, 0.1) is 0 Å². The summed E-state index contributed by atoms with van der Waals surface area (Å²) in [5, 5.41) is 2.91. The maximum absolute atomic E-state index is 12.5. The molecule has 1 N–H and O–H groups in total. The molecule has 0 bridgehead atoms. The monoisotopic (exact) mass is 298 g/mol. The van der Waals surface area contributed by atoms with Crippen LogP contribution in [0.15, 0.2) is 42.5 Å². The largest absolute Gasteiger partial charge is 0.454 e. The Hall–Kier alpha value is -2.53. The van der Waals surface area contributed by atoms with Crippen LogP contribution in [-0.2, 0) is 6.54 Å². The van der Waals surface area contributed by atoms with Crippen molar-refractivity contribution in [3.63, 3.8) is 0 Å². The lowest BCUT2D eigenvalue weighted by Crippen LogP contribution is -2.14. The van der Waals surface area contributed by atoms with Crippen molar-refractivity contribution >= 4 is 11.6 Å². The molecule has 3 rings (SSSR count). The highest BCUT2D eigenvalue weighted by Gasteiger charge is 2.21. The molecule has 0 radical (unpaired) electrons. The fourth-order valence-corrected chi connectivity index (χ4v) is 2.42. The van der Waals surface area contributed by atoms with Crippen molar-refractivity contribution in [1.82, 2.24) is 4.90 Å². The number of hydrogen-bond donors (Lipinski definition) is 1. The van der Waals surface area contributed by atoms with E-state index in [1.807, 2.05) is 38.4 Å². The number of carbonyl (C=O) groups excluding carboxylic acids is 1. The number of para-hydroxylation sites is 1. The van der Waals surface area contributed by atoms with Crippen molar-refractivity contribution in [1.29, 1.82) is 0 Å². The van der Waals surface area contributed by atoms with Gasteiger partial charge in [0.25, 0.3) is 5.91 Å². The second-order valence-electron chi connectivity index (χ2n) is 5.43. The van der Waals surface area contributed by atoms with Gasteiger partial charge in [0.2, 0.25) is 6.79 Å². The van der Waals surface area contributed by atoms with Crippen LogP contribution in [0.25, 0.3) is 0 Å². The summed E-state index contributed by atoms with van der Waals surface area (Å²) < 4.78 is 10.7. The first-order valence-electron chi connectivity index (χ1n) is 7.07. The lowest BCUT2D eigenvalue weighted by molar-refractivity contribution is 0.102. The van der Waals surface area contributed by atoms with E-state index >= 15 is 0 Å². The van der Waals surface area contributed by atoms with Crippen molar-refractivity contribution in [3.05, 3.63) is 53.6 Å². The summed E-state index contributed by atoms with van der Waals surface area (Å²) in [6.07, 6.45) is 0. The van der Waals surface area contributed by atoms with Crippen molar-refractivity contribution < 1.29 is 14.3 Å². The van der Waals surface area contributed by atoms with E-state index in [2.05, 4.69) is 10.2 Å². The van der Waals surface area contributed by atoms with Gasteiger partial charge in [-0.1, -0.05) is 18.2 Å². The molecule has 114 valence electrons. The molecule has 0 spiro atoms. The van der Waals surface area contributed by atoms with E-state index in [9.17, 15) is 4.79 Å². The molecule has 0 saturated carbocycles. The zero-order valence-corrected chi connectivity index (χ0v) is 12.6. The van der Waals surface area contributed by atoms with Crippen LogP contribution >= 0.6 is 0 Å². The third-order valence-corrected chi connectivity index (χ3v) is 3.32. The molecular formula is C17H18N2O3. The maximum Gasteiger partial charge on any atom is 0.259 e. The van der Waals surface area contributed by atoms with Gasteiger partial charge in [-0.3, -0.25) is 4.79 Å². The van der Waals surface area contributed by atoms with E-state index in [0.29, 0.717) is 17.1 Å². The van der Waals surface area contributed by atoms with E-state index in [0.717, 1.165) is 17.8 Å². The highest BCUT2D eigenvalue weighted by atomic mass is 16.7. The lowest BCUT2D eigenvalue weighted by Gasteiger charge is -2.12. The van der Waals surface area contributed by atoms with E-state index in [-0.39, 0.29) is 12.7 Å². The third-order valence-electron chi connectivity index (χ3n) is 3.32. The molecule has 2 aromatic rings. The van der Waals surface area contributed by atoms with Gasteiger partial charge in [0, 0.05) is 12.2 Å². The lowest BCUT2D eigenvalue weighted by atomic mass is 10.1. The van der Waals surface area contributed by atoms with E-state index in [1.54, 1.807) is 18.2 Å². The SMILES string of the molecule is CN(C)Cc1cccc(NC(=O)c2cccc3c2OCO3)c1. The van der Waals surface area contributed by atoms with Crippen LogP contribution in [0.4, 0.5) is 5.69 Å². The smallest absolute Gasteiger partial charge is 0.259 e. The van der Waals surface area contributed by atoms with Gasteiger partial charge in [0.1, 0.15) is 0 Å². The number of rotatable bonds is 4. The molecule has 1 aliphatic rings. The molecule has 0 aromatic heterocycles. The number of benzene rings is 2. The number of anilines is 1. The normalized spacial score (nSPS) is 12.5. The molecule has 0 unspecified atom stereocenters. The Morgan fingerprint density at radius 2 is 2.00 bits per heavy atom. The summed E-state index contributed by atoms with van der Waals surface area (Å²) in [6, 6.07) is 13.1. The zero-order valence-electron chi connectivity index (χ0n) is 12.6. The van der Waals surface area contributed by atoms with E-state index in [1.165, 1.54) is 0 Å². The predicted octanol–water partition coefficient (Wildman–Crippen LogP) is 2.73. The molecule has 0 atom stereocenters. The Kier molecular flexibility index (Phi) is 3.98. The number of nitrogens with one attached hydrogen (secondary N) is 1. The van der Waals surface area contributed by atoms with Gasteiger partial charge in [0.05, 0.1) is 5.56 Å². The van der Waals surface area contributed by atoms with Crippen LogP contribution in [0.2, 0.25) is 0 Å². The highest BCUT2D eigenvalue weighted by Crippen LogP contribution is 2.35. The number of hydrogen-bond acceptors (Lipinski definition) is 4. The fraction of sp³-hybridized carbons (Fsp3) is 0.235. The Morgan fingerprint density at radius 3 is 2.82 bits per heavy atom. The first-order chi connectivity index (χ1) is 10.6. The Morgan fingerprint density at radius 1 is 1.18 bits per heavy atom. The first-order valence-corrected chi connectivity index (χ1v) is 7.07. The molecule has 5 nitrogen and oxygen atoms in total. The van der Waals surface area contributed by atoms with Crippen LogP contribution in [-0.4, -0.2) is 31.7 Å². The van der Waals surface area contributed by atoms with E-state index in [4.69, 9.17) is 9.47 Å². The van der Waals surface area contributed by atoms with Crippen LogP contribution in [0.3, 0.4) is 0 Å². The molecular weight excluding hydrogens is 280 g/mol. The number of carbonyl (C=O) groups is 1. The average molecular weight is 298 g/mol. The number of nitrogens with zero attached hydrogens (tertiary/aromatic N) is 1. The molecule has 1 aliphatic heterocycles. The maximum atomic E-state index is 12.5. The van der Waals surface area contributed by atoms with Gasteiger partial charge >= 0.3 is 0 Å². The average Bonchev–Trinajstić information content (AvgIpc) is 2.95. The summed E-state index contributed by atoms with van der Waals surface area (Å²) >= 11 is 0. The molecule has 1 amide bonds. The summed E-state index contributed by atoms with van der Waals surface area (Å²) in [6.45, 7) is 0.972. The van der Waals surface area contributed by atoms with Crippen molar-refractivity contribution in [2.24, 2.45) is 0 Å². The van der Waals surface area contributed by atoms with Crippen LogP contribution in [0.5, 0.6) is 11.5 Å².